The maximum Gasteiger partial charge on any atom is 0.407 e. The number of methoxy groups -OCH3 is 1. The lowest BCUT2D eigenvalue weighted by Crippen LogP contribution is -2.55. The van der Waals surface area contributed by atoms with Crippen LogP contribution in [0.25, 0.3) is 0 Å². The molecule has 0 heterocycles. The number of halogens is 2. The van der Waals surface area contributed by atoms with E-state index in [4.69, 9.17) is 5.73 Å². The molecule has 9 nitrogen and oxygen atoms in total. The van der Waals surface area contributed by atoms with E-state index in [1.54, 1.807) is 0 Å². The number of hydrogen-bond donors (Lipinski definition) is 3. The second-order valence-electron chi connectivity index (χ2n) is 8.59. The third-order valence-electron chi connectivity index (χ3n) is 5.55. The normalized spacial score (nSPS) is 16.4. The molecule has 2 amide bonds. The van der Waals surface area contributed by atoms with Gasteiger partial charge in [-0.2, -0.15) is 0 Å². The number of carbonyl (C=O) groups excluding carboxylic acids is 2. The molecule has 0 bridgehead atoms. The Morgan fingerprint density at radius 1 is 1.26 bits per heavy atom. The van der Waals surface area contributed by atoms with Crippen molar-refractivity contribution in [3.05, 3.63) is 35.4 Å². The molecular formula is C22H33F2N3O6S. The molecule has 12 heteroatoms. The van der Waals surface area contributed by atoms with Crippen molar-refractivity contribution in [1.29, 1.82) is 0 Å². The van der Waals surface area contributed by atoms with Crippen molar-refractivity contribution in [3.63, 3.8) is 0 Å². The monoisotopic (exact) mass is 505 g/mol. The number of unbranched alkanes of at least 4 members (excludes halogenated alkanes) is 1. The number of carbonyl (C=O) groups is 2. The van der Waals surface area contributed by atoms with Crippen molar-refractivity contribution < 1.29 is 36.6 Å². The number of aliphatic hydroxyl groups is 1. The summed E-state index contributed by atoms with van der Waals surface area (Å²) in [5, 5.41) is 12.9. The van der Waals surface area contributed by atoms with Crippen LogP contribution in [0.4, 0.5) is 13.6 Å². The second kappa shape index (κ2) is 12.4. The minimum atomic E-state index is -3.65. The molecule has 0 saturated heterocycles. The Morgan fingerprint density at radius 2 is 1.88 bits per heavy atom. The summed E-state index contributed by atoms with van der Waals surface area (Å²) in [4.78, 5) is 26.4. The minimum Gasteiger partial charge on any atom is -0.453 e. The molecule has 1 saturated carbocycles. The molecule has 0 unspecified atom stereocenters. The predicted octanol–water partition coefficient (Wildman–Crippen LogP) is 1.13. The average molecular weight is 506 g/mol. The zero-order valence-electron chi connectivity index (χ0n) is 19.4. The lowest BCUT2D eigenvalue weighted by molar-refractivity contribution is -0.135. The van der Waals surface area contributed by atoms with Crippen LogP contribution >= 0.6 is 0 Å². The summed E-state index contributed by atoms with van der Waals surface area (Å²) in [7, 11) is -2.55. The molecule has 0 aromatic heterocycles. The molecule has 1 aromatic carbocycles. The van der Waals surface area contributed by atoms with Crippen LogP contribution in [0.15, 0.2) is 18.2 Å². The number of nitrogens with two attached hydrogens (primary N) is 1. The maximum absolute atomic E-state index is 13.5. The Hall–Kier alpha value is -2.31. The lowest BCUT2D eigenvalue weighted by atomic mass is 10.0. The molecule has 3 atom stereocenters. The third kappa shape index (κ3) is 8.80. The number of rotatable bonds is 13. The Kier molecular flexibility index (Phi) is 10.2. The maximum atomic E-state index is 13.5. The Balaban J connectivity index is 2.14. The first-order valence-corrected chi connectivity index (χ1v) is 13.0. The molecular weight excluding hydrogens is 472 g/mol. The van der Waals surface area contributed by atoms with Gasteiger partial charge in [-0.3, -0.25) is 4.79 Å². The van der Waals surface area contributed by atoms with Gasteiger partial charge in [0.05, 0.1) is 24.7 Å². The van der Waals surface area contributed by atoms with E-state index in [9.17, 15) is 31.9 Å². The van der Waals surface area contributed by atoms with Crippen molar-refractivity contribution in [2.75, 3.05) is 25.2 Å². The van der Waals surface area contributed by atoms with Gasteiger partial charge in [-0.15, -0.1) is 0 Å². The highest BCUT2D eigenvalue weighted by molar-refractivity contribution is 7.91. The smallest absolute Gasteiger partial charge is 0.407 e. The van der Waals surface area contributed by atoms with Gasteiger partial charge in [-0.1, -0.05) is 13.3 Å². The van der Waals surface area contributed by atoms with Gasteiger partial charge in [0.15, 0.2) is 9.84 Å². The van der Waals surface area contributed by atoms with Crippen LogP contribution in [0.3, 0.4) is 0 Å². The zero-order valence-corrected chi connectivity index (χ0v) is 20.2. The molecule has 0 aliphatic heterocycles. The van der Waals surface area contributed by atoms with E-state index in [-0.39, 0.29) is 30.3 Å². The summed E-state index contributed by atoms with van der Waals surface area (Å²) in [5.41, 5.74) is 6.29. The van der Waals surface area contributed by atoms with E-state index in [2.05, 4.69) is 10.1 Å². The fourth-order valence-electron chi connectivity index (χ4n) is 3.56. The first-order valence-electron chi connectivity index (χ1n) is 11.2. The van der Waals surface area contributed by atoms with Crippen LogP contribution in [-0.4, -0.2) is 79.8 Å². The molecule has 192 valence electrons. The number of alkyl carbamates (subject to hydrolysis) is 1. The fraction of sp³-hybridized carbons (Fsp3) is 0.636. The van der Waals surface area contributed by atoms with Gasteiger partial charge >= 0.3 is 6.09 Å². The molecule has 0 spiro atoms. The van der Waals surface area contributed by atoms with Crippen molar-refractivity contribution in [2.45, 2.75) is 63.3 Å². The van der Waals surface area contributed by atoms with Crippen LogP contribution in [0.1, 0.15) is 38.2 Å². The summed E-state index contributed by atoms with van der Waals surface area (Å²) in [6.07, 6.45) is 0.110. The van der Waals surface area contributed by atoms with Crippen molar-refractivity contribution >= 4 is 21.8 Å². The third-order valence-corrected chi connectivity index (χ3v) is 7.30. The SMILES string of the molecule is CCCCS(=O)(=O)C[C@H](NC(=O)OC)C(=O)N(C[C@@H](O)[C@@H](N)Cc1cc(F)cc(F)c1)C1CC1. The number of aliphatic hydroxyl groups excluding tert-OH is 1. The molecule has 0 radical (unpaired) electrons. The Morgan fingerprint density at radius 3 is 2.41 bits per heavy atom. The van der Waals surface area contributed by atoms with Crippen molar-refractivity contribution in [1.82, 2.24) is 10.2 Å². The lowest BCUT2D eigenvalue weighted by Gasteiger charge is -2.31. The summed E-state index contributed by atoms with van der Waals surface area (Å²) in [6.45, 7) is 1.61. The highest BCUT2D eigenvalue weighted by Crippen LogP contribution is 2.28. The van der Waals surface area contributed by atoms with Crippen LogP contribution in [0.2, 0.25) is 0 Å². The summed E-state index contributed by atoms with van der Waals surface area (Å²) < 4.78 is 56.4. The zero-order chi connectivity index (χ0) is 25.5. The van der Waals surface area contributed by atoms with Crippen LogP contribution in [-0.2, 0) is 25.8 Å². The minimum absolute atomic E-state index is 0.0439. The highest BCUT2D eigenvalue weighted by atomic mass is 32.2. The van der Waals surface area contributed by atoms with Gasteiger partial charge in [-0.05, 0) is 43.4 Å². The van der Waals surface area contributed by atoms with Crippen molar-refractivity contribution in [3.8, 4) is 0 Å². The van der Waals surface area contributed by atoms with E-state index in [1.165, 1.54) is 4.90 Å². The molecule has 1 aliphatic carbocycles. The van der Waals surface area contributed by atoms with Gasteiger partial charge in [-0.25, -0.2) is 22.0 Å². The Bertz CT molecular complexity index is 938. The van der Waals surface area contributed by atoms with E-state index in [1.807, 2.05) is 6.92 Å². The van der Waals surface area contributed by atoms with Gasteiger partial charge < -0.3 is 25.8 Å². The van der Waals surface area contributed by atoms with Gasteiger partial charge in [0, 0.05) is 24.7 Å². The quantitative estimate of drug-likeness (QED) is 0.365. The number of amides is 2. The topological polar surface area (TPSA) is 139 Å². The van der Waals surface area contributed by atoms with Gasteiger partial charge in [0.25, 0.3) is 0 Å². The summed E-state index contributed by atoms with van der Waals surface area (Å²) in [6, 6.07) is 0.364. The largest absolute Gasteiger partial charge is 0.453 e. The van der Waals surface area contributed by atoms with E-state index < -0.39 is 57.4 Å². The number of nitrogens with one attached hydrogen (secondary N) is 1. The van der Waals surface area contributed by atoms with Crippen LogP contribution < -0.4 is 11.1 Å². The molecule has 4 N–H and O–H groups in total. The van der Waals surface area contributed by atoms with Crippen LogP contribution in [0, 0.1) is 11.6 Å². The molecule has 2 rings (SSSR count). The number of benzene rings is 1. The second-order valence-corrected chi connectivity index (χ2v) is 10.8. The summed E-state index contributed by atoms with van der Waals surface area (Å²) >= 11 is 0. The predicted molar refractivity (Wildman–Crippen MR) is 122 cm³/mol. The average Bonchev–Trinajstić information content (AvgIpc) is 3.59. The van der Waals surface area contributed by atoms with E-state index in [0.29, 0.717) is 25.7 Å². The number of sulfone groups is 1. The van der Waals surface area contributed by atoms with E-state index >= 15 is 0 Å². The Labute approximate surface area is 198 Å². The first-order chi connectivity index (χ1) is 16.0. The van der Waals surface area contributed by atoms with E-state index in [0.717, 1.165) is 25.3 Å². The van der Waals surface area contributed by atoms with Crippen molar-refractivity contribution in [2.24, 2.45) is 5.73 Å². The molecule has 1 aliphatic rings. The molecule has 1 fully saturated rings. The number of nitrogens with zero attached hydrogens (tertiary/aromatic N) is 1. The number of hydrogen-bond acceptors (Lipinski definition) is 7. The molecule has 1 aromatic rings. The summed E-state index contributed by atoms with van der Waals surface area (Å²) in [5.74, 6) is -2.94. The highest BCUT2D eigenvalue weighted by Gasteiger charge is 2.39. The van der Waals surface area contributed by atoms with Crippen LogP contribution in [0.5, 0.6) is 0 Å². The van der Waals surface area contributed by atoms with Gasteiger partial charge in [0.1, 0.15) is 17.7 Å². The first kappa shape index (κ1) is 27.9. The molecule has 34 heavy (non-hydrogen) atoms. The standard InChI is InChI=1S/C22H33F2N3O6S/c1-3-4-7-34(31,32)13-19(26-22(30)33-2)21(29)27(17-5-6-17)12-20(28)18(25)10-14-8-15(23)11-16(24)9-14/h8-9,11,17-20,28H,3-7,10,12-13,25H2,1-2H3,(H,26,30)/t18-,19-,20+/m0/s1. The van der Waals surface area contributed by atoms with Gasteiger partial charge in [0.2, 0.25) is 5.91 Å². The fourth-order valence-corrected chi connectivity index (χ4v) is 5.19. The number of ether oxygens (including phenoxy) is 1.